The molecule has 1 aromatic carbocycles. The molecule has 0 unspecified atom stereocenters. The predicted molar refractivity (Wildman–Crippen MR) is 76.2 cm³/mol. The lowest BCUT2D eigenvalue weighted by Gasteiger charge is -2.19. The van der Waals surface area contributed by atoms with Crippen LogP contribution in [0.15, 0.2) is 35.9 Å². The van der Waals surface area contributed by atoms with Crippen molar-refractivity contribution >= 4 is 0 Å². The van der Waals surface area contributed by atoms with E-state index in [1.54, 1.807) is 0 Å². The fraction of sp³-hybridized carbons (Fsp3) is 0.500. The SMILES string of the molecule is CC(=CCCNC(C)(C)C)Cc1ccc(F)cc1. The van der Waals surface area contributed by atoms with Crippen LogP contribution >= 0.6 is 0 Å². The summed E-state index contributed by atoms with van der Waals surface area (Å²) in [5.74, 6) is -0.172. The zero-order valence-corrected chi connectivity index (χ0v) is 11.9. The zero-order chi connectivity index (χ0) is 13.6. The summed E-state index contributed by atoms with van der Waals surface area (Å²) in [5, 5.41) is 3.45. The van der Waals surface area contributed by atoms with Crippen molar-refractivity contribution in [3.05, 3.63) is 47.3 Å². The summed E-state index contributed by atoms with van der Waals surface area (Å²) in [6.07, 6.45) is 4.18. The van der Waals surface area contributed by atoms with Gasteiger partial charge in [-0.1, -0.05) is 23.8 Å². The van der Waals surface area contributed by atoms with Crippen LogP contribution < -0.4 is 5.32 Å². The lowest BCUT2D eigenvalue weighted by Crippen LogP contribution is -2.36. The number of rotatable bonds is 5. The molecule has 0 fully saturated rings. The summed E-state index contributed by atoms with van der Waals surface area (Å²) in [5.41, 5.74) is 2.67. The maximum atomic E-state index is 12.8. The minimum atomic E-state index is -0.172. The minimum Gasteiger partial charge on any atom is -0.312 e. The van der Waals surface area contributed by atoms with E-state index < -0.39 is 0 Å². The third-order valence-corrected chi connectivity index (χ3v) is 2.69. The van der Waals surface area contributed by atoms with Crippen LogP contribution in [0.25, 0.3) is 0 Å². The molecule has 18 heavy (non-hydrogen) atoms. The maximum Gasteiger partial charge on any atom is 0.123 e. The number of halogens is 1. The van der Waals surface area contributed by atoms with Crippen LogP contribution in [-0.2, 0) is 6.42 Å². The molecule has 0 aromatic heterocycles. The third kappa shape index (κ3) is 6.55. The molecule has 0 radical (unpaired) electrons. The highest BCUT2D eigenvalue weighted by Crippen LogP contribution is 2.09. The molecule has 0 atom stereocenters. The van der Waals surface area contributed by atoms with Gasteiger partial charge in [-0.05, 0) is 64.8 Å². The highest BCUT2D eigenvalue weighted by Gasteiger charge is 2.06. The Bertz CT molecular complexity index is 385. The standard InChI is InChI=1S/C16H24FN/c1-13(6-5-11-18-16(2,3)4)12-14-7-9-15(17)10-8-14/h6-10,18H,5,11-12H2,1-4H3. The molecular weight excluding hydrogens is 225 g/mol. The predicted octanol–water partition coefficient (Wildman–Crippen LogP) is 4.09. The second-order valence-electron chi connectivity index (χ2n) is 5.82. The van der Waals surface area contributed by atoms with E-state index >= 15 is 0 Å². The van der Waals surface area contributed by atoms with Crippen molar-refractivity contribution in [3.63, 3.8) is 0 Å². The van der Waals surface area contributed by atoms with E-state index in [-0.39, 0.29) is 11.4 Å². The number of hydrogen-bond acceptors (Lipinski definition) is 1. The molecule has 0 amide bonds. The van der Waals surface area contributed by atoms with Gasteiger partial charge in [0.15, 0.2) is 0 Å². The number of allylic oxidation sites excluding steroid dienone is 1. The van der Waals surface area contributed by atoms with Crippen LogP contribution in [-0.4, -0.2) is 12.1 Å². The second kappa shape index (κ2) is 6.69. The molecule has 0 aliphatic carbocycles. The van der Waals surface area contributed by atoms with Crippen molar-refractivity contribution in [2.75, 3.05) is 6.54 Å². The van der Waals surface area contributed by atoms with E-state index in [1.165, 1.54) is 17.7 Å². The second-order valence-corrected chi connectivity index (χ2v) is 5.82. The molecule has 0 heterocycles. The van der Waals surface area contributed by atoms with Gasteiger partial charge >= 0.3 is 0 Å². The van der Waals surface area contributed by atoms with Crippen molar-refractivity contribution in [2.24, 2.45) is 0 Å². The zero-order valence-electron chi connectivity index (χ0n) is 11.9. The molecule has 1 aromatic rings. The van der Waals surface area contributed by atoms with E-state index in [1.807, 2.05) is 12.1 Å². The monoisotopic (exact) mass is 249 g/mol. The van der Waals surface area contributed by atoms with Crippen molar-refractivity contribution in [2.45, 2.75) is 46.1 Å². The first kappa shape index (κ1) is 14.9. The van der Waals surface area contributed by atoms with Crippen molar-refractivity contribution in [3.8, 4) is 0 Å². The van der Waals surface area contributed by atoms with Gasteiger partial charge < -0.3 is 5.32 Å². The topological polar surface area (TPSA) is 12.0 Å². The summed E-state index contributed by atoms with van der Waals surface area (Å²) in [4.78, 5) is 0. The van der Waals surface area contributed by atoms with Gasteiger partial charge in [-0.3, -0.25) is 0 Å². The third-order valence-electron chi connectivity index (χ3n) is 2.69. The Morgan fingerprint density at radius 1 is 1.22 bits per heavy atom. The Morgan fingerprint density at radius 3 is 2.39 bits per heavy atom. The van der Waals surface area contributed by atoms with Crippen LogP contribution in [0.4, 0.5) is 4.39 Å². The van der Waals surface area contributed by atoms with E-state index in [0.717, 1.165) is 24.9 Å². The first-order valence-corrected chi connectivity index (χ1v) is 6.52. The minimum absolute atomic E-state index is 0.172. The van der Waals surface area contributed by atoms with Gasteiger partial charge in [0.1, 0.15) is 5.82 Å². The summed E-state index contributed by atoms with van der Waals surface area (Å²) in [7, 11) is 0. The first-order chi connectivity index (χ1) is 8.37. The molecule has 1 N–H and O–H groups in total. The number of hydrogen-bond donors (Lipinski definition) is 1. The lowest BCUT2D eigenvalue weighted by molar-refractivity contribution is 0.431. The summed E-state index contributed by atoms with van der Waals surface area (Å²) in [6.45, 7) is 9.62. The Hall–Kier alpha value is -1.15. The largest absolute Gasteiger partial charge is 0.312 e. The summed E-state index contributed by atoms with van der Waals surface area (Å²) in [6, 6.07) is 6.73. The van der Waals surface area contributed by atoms with Gasteiger partial charge in [0.2, 0.25) is 0 Å². The van der Waals surface area contributed by atoms with E-state index in [9.17, 15) is 4.39 Å². The summed E-state index contributed by atoms with van der Waals surface area (Å²) >= 11 is 0. The average Bonchev–Trinajstić information content (AvgIpc) is 2.26. The molecule has 0 bridgehead atoms. The van der Waals surface area contributed by atoms with Gasteiger partial charge in [0.25, 0.3) is 0 Å². The average molecular weight is 249 g/mol. The lowest BCUT2D eigenvalue weighted by atomic mass is 10.1. The van der Waals surface area contributed by atoms with Gasteiger partial charge in [-0.2, -0.15) is 0 Å². The molecule has 1 nitrogen and oxygen atoms in total. The molecule has 0 saturated heterocycles. The van der Waals surface area contributed by atoms with Crippen molar-refractivity contribution < 1.29 is 4.39 Å². The fourth-order valence-corrected chi connectivity index (χ4v) is 1.76. The molecule has 0 saturated carbocycles. The van der Waals surface area contributed by atoms with Gasteiger partial charge in [0, 0.05) is 5.54 Å². The summed E-state index contributed by atoms with van der Waals surface area (Å²) < 4.78 is 12.8. The van der Waals surface area contributed by atoms with E-state index in [0.29, 0.717) is 0 Å². The Morgan fingerprint density at radius 2 is 1.83 bits per heavy atom. The van der Waals surface area contributed by atoms with E-state index in [2.05, 4.69) is 39.1 Å². The molecule has 1 rings (SSSR count). The highest BCUT2D eigenvalue weighted by molar-refractivity contribution is 5.21. The molecule has 0 spiro atoms. The van der Waals surface area contributed by atoms with Crippen LogP contribution in [0.5, 0.6) is 0 Å². The quantitative estimate of drug-likeness (QED) is 0.612. The number of benzene rings is 1. The van der Waals surface area contributed by atoms with Crippen LogP contribution in [0.3, 0.4) is 0 Å². The van der Waals surface area contributed by atoms with Crippen LogP contribution in [0, 0.1) is 5.82 Å². The molecule has 0 aliphatic heterocycles. The molecular formula is C16H24FN. The van der Waals surface area contributed by atoms with E-state index in [4.69, 9.17) is 0 Å². The van der Waals surface area contributed by atoms with Crippen LogP contribution in [0.2, 0.25) is 0 Å². The Kier molecular flexibility index (Phi) is 5.54. The molecule has 2 heteroatoms. The molecule has 0 aliphatic rings. The fourth-order valence-electron chi connectivity index (χ4n) is 1.76. The van der Waals surface area contributed by atoms with Crippen molar-refractivity contribution in [1.29, 1.82) is 0 Å². The highest BCUT2D eigenvalue weighted by atomic mass is 19.1. The Labute approximate surface area is 110 Å². The first-order valence-electron chi connectivity index (χ1n) is 6.52. The maximum absolute atomic E-state index is 12.8. The van der Waals surface area contributed by atoms with Gasteiger partial charge in [-0.15, -0.1) is 0 Å². The smallest absolute Gasteiger partial charge is 0.123 e. The van der Waals surface area contributed by atoms with Gasteiger partial charge in [-0.25, -0.2) is 4.39 Å². The Balaban J connectivity index is 2.36. The molecule has 100 valence electrons. The van der Waals surface area contributed by atoms with Crippen molar-refractivity contribution in [1.82, 2.24) is 5.32 Å². The van der Waals surface area contributed by atoms with Gasteiger partial charge in [0.05, 0.1) is 0 Å². The number of nitrogens with one attached hydrogen (secondary N) is 1. The normalized spacial score (nSPS) is 12.8. The van der Waals surface area contributed by atoms with Crippen LogP contribution in [0.1, 0.15) is 39.7 Å².